The number of carbonyl (C=O) groups excluding carboxylic acids is 2. The van der Waals surface area contributed by atoms with Crippen LogP contribution in [-0.2, 0) is 27.7 Å². The van der Waals surface area contributed by atoms with E-state index in [0.29, 0.717) is 17.9 Å². The van der Waals surface area contributed by atoms with Crippen molar-refractivity contribution in [2.24, 2.45) is 7.05 Å². The van der Waals surface area contributed by atoms with Gasteiger partial charge >= 0.3 is 11.9 Å². The molecule has 0 aliphatic rings. The van der Waals surface area contributed by atoms with E-state index in [2.05, 4.69) is 4.98 Å². The summed E-state index contributed by atoms with van der Waals surface area (Å²) in [6.07, 6.45) is 1.93. The molecule has 2 aromatic rings. The Morgan fingerprint density at radius 3 is 2.48 bits per heavy atom. The van der Waals surface area contributed by atoms with Gasteiger partial charge in [-0.2, -0.15) is 0 Å². The van der Waals surface area contributed by atoms with Crippen molar-refractivity contribution in [3.63, 3.8) is 0 Å². The molecular weight excluding hydrogens is 296 g/mol. The van der Waals surface area contributed by atoms with Gasteiger partial charge in [0.15, 0.2) is 0 Å². The molecule has 0 unspecified atom stereocenters. The van der Waals surface area contributed by atoms with Gasteiger partial charge in [-0.25, -0.2) is 4.79 Å². The number of rotatable bonds is 6. The van der Waals surface area contributed by atoms with Gasteiger partial charge in [-0.1, -0.05) is 0 Å². The number of hydrogen-bond acceptors (Lipinski definition) is 4. The summed E-state index contributed by atoms with van der Waals surface area (Å²) >= 11 is 0. The maximum absolute atomic E-state index is 12.3. The molecule has 0 saturated heterocycles. The zero-order valence-corrected chi connectivity index (χ0v) is 13.9. The molecule has 0 atom stereocenters. The lowest BCUT2D eigenvalue weighted by molar-refractivity contribution is -0.142. The van der Waals surface area contributed by atoms with Gasteiger partial charge in [0.05, 0.1) is 36.6 Å². The monoisotopic (exact) mass is 318 g/mol. The highest BCUT2D eigenvalue weighted by Gasteiger charge is 2.24. The summed E-state index contributed by atoms with van der Waals surface area (Å²) in [5.74, 6) is -0.807. The van der Waals surface area contributed by atoms with E-state index in [1.54, 1.807) is 13.8 Å². The molecule has 0 fully saturated rings. The number of H-pyrrole nitrogens is 1. The molecule has 6 heteroatoms. The van der Waals surface area contributed by atoms with Crippen LogP contribution in [0.25, 0.3) is 11.4 Å². The Morgan fingerprint density at radius 2 is 1.91 bits per heavy atom. The van der Waals surface area contributed by atoms with Gasteiger partial charge in [0, 0.05) is 18.9 Å². The van der Waals surface area contributed by atoms with Crippen molar-refractivity contribution in [3.05, 3.63) is 35.2 Å². The van der Waals surface area contributed by atoms with Gasteiger partial charge in [-0.3, -0.25) is 4.79 Å². The van der Waals surface area contributed by atoms with E-state index in [-0.39, 0.29) is 19.0 Å². The third kappa shape index (κ3) is 3.47. The molecule has 2 aromatic heterocycles. The smallest absolute Gasteiger partial charge is 0.340 e. The fourth-order valence-corrected chi connectivity index (χ4v) is 2.60. The first-order valence-corrected chi connectivity index (χ1v) is 7.65. The number of carbonyl (C=O) groups is 2. The standard InChI is InChI=1S/C17H22N2O4/c1-5-22-14(20)10-12-15(17(21)23-6-2)11(3)16(18-12)13-8-7-9-19(13)4/h7-9,18H,5-6,10H2,1-4H3. The Labute approximate surface area is 135 Å². The van der Waals surface area contributed by atoms with E-state index in [9.17, 15) is 9.59 Å². The average molecular weight is 318 g/mol. The third-order valence-corrected chi connectivity index (χ3v) is 3.63. The first-order chi connectivity index (χ1) is 11.0. The van der Waals surface area contributed by atoms with E-state index >= 15 is 0 Å². The molecule has 2 rings (SSSR count). The number of nitrogens with zero attached hydrogens (tertiary/aromatic N) is 1. The van der Waals surface area contributed by atoms with Crippen molar-refractivity contribution in [2.45, 2.75) is 27.2 Å². The topological polar surface area (TPSA) is 73.3 Å². The van der Waals surface area contributed by atoms with Crippen molar-refractivity contribution in [3.8, 4) is 11.4 Å². The molecule has 0 aromatic carbocycles. The van der Waals surface area contributed by atoms with Crippen molar-refractivity contribution >= 4 is 11.9 Å². The minimum atomic E-state index is -0.430. The van der Waals surface area contributed by atoms with E-state index in [0.717, 1.165) is 17.0 Å². The van der Waals surface area contributed by atoms with Gasteiger partial charge in [-0.05, 0) is 38.5 Å². The Morgan fingerprint density at radius 1 is 1.22 bits per heavy atom. The molecule has 0 aliphatic carbocycles. The van der Waals surface area contributed by atoms with E-state index < -0.39 is 5.97 Å². The predicted octanol–water partition coefficient (Wildman–Crippen LogP) is 2.61. The first-order valence-electron chi connectivity index (χ1n) is 7.65. The van der Waals surface area contributed by atoms with Gasteiger partial charge < -0.3 is 19.0 Å². The zero-order valence-electron chi connectivity index (χ0n) is 13.9. The van der Waals surface area contributed by atoms with Crippen LogP contribution in [0.5, 0.6) is 0 Å². The summed E-state index contributed by atoms with van der Waals surface area (Å²) < 4.78 is 12.1. The summed E-state index contributed by atoms with van der Waals surface area (Å²) in [4.78, 5) is 27.3. The van der Waals surface area contributed by atoms with Crippen molar-refractivity contribution in [1.29, 1.82) is 0 Å². The number of aromatic nitrogens is 2. The van der Waals surface area contributed by atoms with Gasteiger partial charge in [0.1, 0.15) is 0 Å². The highest BCUT2D eigenvalue weighted by molar-refractivity contribution is 5.96. The molecular formula is C17H22N2O4. The van der Waals surface area contributed by atoms with Gasteiger partial charge in [0.2, 0.25) is 0 Å². The Hall–Kier alpha value is -2.50. The van der Waals surface area contributed by atoms with Crippen LogP contribution in [-0.4, -0.2) is 34.7 Å². The molecule has 0 saturated carbocycles. The van der Waals surface area contributed by atoms with Crippen molar-refractivity contribution < 1.29 is 19.1 Å². The maximum Gasteiger partial charge on any atom is 0.340 e. The van der Waals surface area contributed by atoms with E-state index in [1.807, 2.05) is 36.9 Å². The third-order valence-electron chi connectivity index (χ3n) is 3.63. The van der Waals surface area contributed by atoms with Gasteiger partial charge in [0.25, 0.3) is 0 Å². The fraction of sp³-hybridized carbons (Fsp3) is 0.412. The van der Waals surface area contributed by atoms with Gasteiger partial charge in [-0.15, -0.1) is 0 Å². The van der Waals surface area contributed by atoms with Crippen LogP contribution < -0.4 is 0 Å². The lowest BCUT2D eigenvalue weighted by Crippen LogP contribution is -2.13. The average Bonchev–Trinajstić information content (AvgIpc) is 3.03. The van der Waals surface area contributed by atoms with E-state index in [4.69, 9.17) is 9.47 Å². The van der Waals surface area contributed by atoms with Crippen LogP contribution in [0.2, 0.25) is 0 Å². The number of ether oxygens (including phenoxy) is 2. The normalized spacial score (nSPS) is 10.6. The molecule has 0 aliphatic heterocycles. The molecule has 1 N–H and O–H groups in total. The number of esters is 2. The summed E-state index contributed by atoms with van der Waals surface area (Å²) in [6.45, 7) is 5.93. The lowest BCUT2D eigenvalue weighted by Gasteiger charge is -2.05. The number of aryl methyl sites for hydroxylation is 1. The van der Waals surface area contributed by atoms with Crippen molar-refractivity contribution in [2.75, 3.05) is 13.2 Å². The van der Waals surface area contributed by atoms with Crippen molar-refractivity contribution in [1.82, 2.24) is 9.55 Å². The first kappa shape index (κ1) is 16.9. The predicted molar refractivity (Wildman–Crippen MR) is 86.2 cm³/mol. The molecule has 0 spiro atoms. The highest BCUT2D eigenvalue weighted by Crippen LogP contribution is 2.29. The molecule has 124 valence electrons. The van der Waals surface area contributed by atoms with Crippen LogP contribution in [0.1, 0.15) is 35.5 Å². The molecule has 0 amide bonds. The molecule has 23 heavy (non-hydrogen) atoms. The summed E-state index contributed by atoms with van der Waals surface area (Å²) in [7, 11) is 1.92. The second kappa shape index (κ2) is 7.17. The van der Waals surface area contributed by atoms with Crippen LogP contribution in [0.3, 0.4) is 0 Å². The SMILES string of the molecule is CCOC(=O)Cc1[nH]c(-c2cccn2C)c(C)c1C(=O)OCC. The number of nitrogens with one attached hydrogen (secondary N) is 1. The minimum absolute atomic E-state index is 0.00719. The summed E-state index contributed by atoms with van der Waals surface area (Å²) in [6, 6.07) is 3.87. The minimum Gasteiger partial charge on any atom is -0.466 e. The highest BCUT2D eigenvalue weighted by atomic mass is 16.5. The lowest BCUT2D eigenvalue weighted by atomic mass is 10.1. The quantitative estimate of drug-likeness (QED) is 0.831. The molecule has 0 bridgehead atoms. The largest absolute Gasteiger partial charge is 0.466 e. The molecule has 6 nitrogen and oxygen atoms in total. The van der Waals surface area contributed by atoms with Crippen LogP contribution in [0, 0.1) is 6.92 Å². The Kier molecular flexibility index (Phi) is 5.26. The number of hydrogen-bond donors (Lipinski definition) is 1. The maximum atomic E-state index is 12.3. The number of aromatic amines is 1. The Bertz CT molecular complexity index is 712. The fourth-order valence-electron chi connectivity index (χ4n) is 2.60. The van der Waals surface area contributed by atoms with Crippen LogP contribution >= 0.6 is 0 Å². The van der Waals surface area contributed by atoms with Crippen LogP contribution in [0.4, 0.5) is 0 Å². The second-order valence-corrected chi connectivity index (χ2v) is 5.19. The molecule has 2 heterocycles. The summed E-state index contributed by atoms with van der Waals surface area (Å²) in [5, 5.41) is 0. The van der Waals surface area contributed by atoms with Crippen LogP contribution in [0.15, 0.2) is 18.3 Å². The second-order valence-electron chi connectivity index (χ2n) is 5.19. The van der Waals surface area contributed by atoms with E-state index in [1.165, 1.54) is 0 Å². The molecule has 0 radical (unpaired) electrons. The Balaban J connectivity index is 2.48. The summed E-state index contributed by atoms with van der Waals surface area (Å²) in [5.41, 5.74) is 3.44. The zero-order chi connectivity index (χ0) is 17.0.